The molecule has 16 heteroatoms. The van der Waals surface area contributed by atoms with E-state index in [2.05, 4.69) is 60.9 Å². The van der Waals surface area contributed by atoms with Gasteiger partial charge >= 0.3 is 25.7 Å². The van der Waals surface area contributed by atoms with Crippen molar-refractivity contribution in [1.82, 2.24) is 0 Å². The van der Waals surface area contributed by atoms with E-state index in [0.29, 0.717) is 38.5 Å². The van der Waals surface area contributed by atoms with Crippen molar-refractivity contribution in [3.05, 3.63) is 85.1 Å². The molecule has 0 aliphatic carbocycles. The average molecular weight is 924 g/mol. The molecule has 364 valence electrons. The molecule has 1 rings (SSSR count). The summed E-state index contributed by atoms with van der Waals surface area (Å²) in [7, 11) is -4.82. The van der Waals surface area contributed by atoms with Crippen LogP contribution in [0.5, 0.6) is 0 Å². The third-order valence-corrected chi connectivity index (χ3v) is 10.9. The summed E-state index contributed by atoms with van der Waals surface area (Å²) < 4.78 is 38.3. The molecular weight excluding hydrogens is 845 g/mol. The van der Waals surface area contributed by atoms with Crippen LogP contribution in [0.4, 0.5) is 0 Å². The van der Waals surface area contributed by atoms with Crippen molar-refractivity contribution in [3.8, 4) is 0 Å². The lowest BCUT2D eigenvalue weighted by Gasteiger charge is -2.36. The summed E-state index contributed by atoms with van der Waals surface area (Å²) in [5.74, 6) is -3.09. The first kappa shape index (κ1) is 58.5. The van der Waals surface area contributed by atoms with Crippen molar-refractivity contribution in [2.24, 2.45) is 11.7 Å². The lowest BCUT2D eigenvalue weighted by atomic mass is 9.87. The number of carbonyl (C=O) groups excluding carboxylic acids is 2. The maximum absolute atomic E-state index is 12.8. The molecule has 0 aromatic carbocycles. The van der Waals surface area contributed by atoms with Gasteiger partial charge in [-0.25, -0.2) is 4.57 Å². The van der Waals surface area contributed by atoms with Crippen LogP contribution in [0.3, 0.4) is 0 Å². The van der Waals surface area contributed by atoms with E-state index >= 15 is 0 Å². The van der Waals surface area contributed by atoms with Crippen LogP contribution >= 0.6 is 7.82 Å². The highest BCUT2D eigenvalue weighted by Gasteiger charge is 2.35. The fourth-order valence-corrected chi connectivity index (χ4v) is 6.98. The van der Waals surface area contributed by atoms with Gasteiger partial charge < -0.3 is 45.3 Å². The second-order valence-electron chi connectivity index (χ2n) is 15.7. The smallest absolute Gasteiger partial charge is 0.472 e. The summed E-state index contributed by atoms with van der Waals surface area (Å²) >= 11 is 0. The van der Waals surface area contributed by atoms with Crippen LogP contribution in [0.1, 0.15) is 136 Å². The minimum absolute atomic E-state index is 0.0380. The van der Waals surface area contributed by atoms with Gasteiger partial charge in [-0.3, -0.25) is 23.4 Å². The highest BCUT2D eigenvalue weighted by Crippen LogP contribution is 2.43. The highest BCUT2D eigenvalue weighted by atomic mass is 31.2. The number of carboxylic acids is 1. The van der Waals surface area contributed by atoms with Crippen LogP contribution in [0.15, 0.2) is 85.1 Å². The molecule has 64 heavy (non-hydrogen) atoms. The first-order valence-electron chi connectivity index (χ1n) is 23.0. The lowest BCUT2D eigenvalue weighted by molar-refractivity contribution is -0.199. The molecule has 8 atom stereocenters. The molecule has 0 aromatic rings. The fraction of sp³-hybridized carbons (Fsp3) is 0.646. The minimum atomic E-state index is -4.82. The number of unbranched alkanes of at least 4 members (excludes halogenated alkanes) is 6. The Balaban J connectivity index is 2.57. The Morgan fingerprint density at radius 3 is 1.92 bits per heavy atom. The Bertz CT molecular complexity index is 1520. The standard InChI is InChI=1S/C48H78NO14P/c1-3-5-7-8-9-10-11-12-13-14-15-16-17-18-19-20-21-22-27-31-45(52)59-36-40(37-60-64(57,58)61-38-42(49)48(55)56)62-46(53)32-28-24-23-26-30-41-43(51)35-47(54)63-44(41)34-33-39(50)29-25-6-4-2/h9-10,12-13,15-16,18-19,21-23,26,33-34,39-44,47,50-51,54H,3-8,11,14,17,20,24-25,27-32,35-38,49H2,1-2H3,(H,55,56)(H,57,58)/b10-9-,13-12-,16-15-,19-18-,22-21-,26-23-,34-33+/t39-,40+,41-,42-,43-,44+,47?/m0/s1. The molecule has 15 nitrogen and oxygen atoms in total. The Hall–Kier alpha value is -3.50. The van der Waals surface area contributed by atoms with Crippen LogP contribution in [-0.4, -0.2) is 99.8 Å². The van der Waals surface area contributed by atoms with Crippen molar-refractivity contribution in [2.75, 3.05) is 19.8 Å². The SMILES string of the molecule is CCCCC/C=C\C/C=C\C/C=C\C/C=C\C/C=C\CCC(=O)OC[C@H](COP(=O)(O)OC[C@H](N)C(=O)O)OC(=O)CCC/C=C\C[C@H]1[C@@H](O)CC(O)O[C@@H]1/C=C/[C@@H](O)CCCCC. The number of aliphatic carboxylic acids is 1. The Labute approximate surface area is 381 Å². The number of ether oxygens (including phenoxy) is 3. The zero-order valence-electron chi connectivity index (χ0n) is 38.1. The van der Waals surface area contributed by atoms with Gasteiger partial charge in [-0.05, 0) is 70.6 Å². The van der Waals surface area contributed by atoms with Gasteiger partial charge in [0.15, 0.2) is 12.4 Å². The number of esters is 2. The molecule has 0 amide bonds. The van der Waals surface area contributed by atoms with Gasteiger partial charge in [-0.2, -0.15) is 0 Å². The zero-order chi connectivity index (χ0) is 47.3. The van der Waals surface area contributed by atoms with Crippen LogP contribution in [0.25, 0.3) is 0 Å². The van der Waals surface area contributed by atoms with Crippen molar-refractivity contribution < 1.29 is 67.5 Å². The largest absolute Gasteiger partial charge is 0.480 e. The molecule has 1 heterocycles. The van der Waals surface area contributed by atoms with Gasteiger partial charge in [-0.1, -0.05) is 131 Å². The van der Waals surface area contributed by atoms with Gasteiger partial charge in [0.25, 0.3) is 0 Å². The summed E-state index contributed by atoms with van der Waals surface area (Å²) in [5.41, 5.74) is 5.33. The first-order chi connectivity index (χ1) is 30.8. The number of rotatable bonds is 37. The van der Waals surface area contributed by atoms with Gasteiger partial charge in [0.1, 0.15) is 12.6 Å². The molecule has 1 aliphatic rings. The normalized spacial score (nSPS) is 20.9. The maximum Gasteiger partial charge on any atom is 0.472 e. The molecule has 7 N–H and O–H groups in total. The molecule has 0 saturated carbocycles. The molecule has 2 unspecified atom stereocenters. The van der Waals surface area contributed by atoms with Gasteiger partial charge in [0.05, 0.1) is 31.5 Å². The van der Waals surface area contributed by atoms with Gasteiger partial charge in [0.2, 0.25) is 0 Å². The number of aliphatic hydroxyl groups is 3. The lowest BCUT2D eigenvalue weighted by Crippen LogP contribution is -2.43. The average Bonchev–Trinajstić information content (AvgIpc) is 3.25. The molecule has 0 spiro atoms. The minimum Gasteiger partial charge on any atom is -0.480 e. The number of phosphoric ester groups is 1. The van der Waals surface area contributed by atoms with Crippen LogP contribution < -0.4 is 5.73 Å². The van der Waals surface area contributed by atoms with E-state index < -0.39 is 82.3 Å². The van der Waals surface area contributed by atoms with Crippen LogP contribution in [0, 0.1) is 5.92 Å². The number of carboxylic acid groups (broad SMARTS) is 1. The second-order valence-corrected chi connectivity index (χ2v) is 17.2. The summed E-state index contributed by atoms with van der Waals surface area (Å²) in [6, 6.07) is -1.58. The number of allylic oxidation sites excluding steroid dienone is 12. The number of hydrogen-bond acceptors (Lipinski definition) is 13. The van der Waals surface area contributed by atoms with Crippen molar-refractivity contribution >= 4 is 25.7 Å². The van der Waals surface area contributed by atoms with E-state index in [4.69, 9.17) is 29.6 Å². The van der Waals surface area contributed by atoms with E-state index in [1.807, 2.05) is 30.4 Å². The Morgan fingerprint density at radius 2 is 1.30 bits per heavy atom. The second kappa shape index (κ2) is 37.7. The fourth-order valence-electron chi connectivity index (χ4n) is 6.20. The Morgan fingerprint density at radius 1 is 0.734 bits per heavy atom. The number of aliphatic hydroxyl groups excluding tert-OH is 3. The van der Waals surface area contributed by atoms with E-state index in [-0.39, 0.29) is 25.2 Å². The molecule has 1 saturated heterocycles. The van der Waals surface area contributed by atoms with Crippen molar-refractivity contribution in [1.29, 1.82) is 0 Å². The summed E-state index contributed by atoms with van der Waals surface area (Å²) in [5, 5.41) is 39.9. The summed E-state index contributed by atoms with van der Waals surface area (Å²) in [6.45, 7) is 2.30. The first-order valence-corrected chi connectivity index (χ1v) is 24.5. The van der Waals surface area contributed by atoms with Crippen molar-refractivity contribution in [3.63, 3.8) is 0 Å². The molecule has 0 radical (unpaired) electrons. The summed E-state index contributed by atoms with van der Waals surface area (Å²) in [6.07, 6.45) is 37.1. The van der Waals surface area contributed by atoms with E-state index in [9.17, 15) is 39.2 Å². The van der Waals surface area contributed by atoms with E-state index in [1.54, 1.807) is 12.2 Å². The Kier molecular flexibility index (Phi) is 34.5. The molecule has 0 aromatic heterocycles. The highest BCUT2D eigenvalue weighted by molar-refractivity contribution is 7.47. The number of carbonyl (C=O) groups is 3. The predicted octanol–water partition coefficient (Wildman–Crippen LogP) is 8.39. The predicted molar refractivity (Wildman–Crippen MR) is 248 cm³/mol. The van der Waals surface area contributed by atoms with Crippen LogP contribution in [-0.2, 0) is 42.2 Å². The van der Waals surface area contributed by atoms with Gasteiger partial charge in [-0.15, -0.1) is 0 Å². The number of phosphoric acid groups is 1. The summed E-state index contributed by atoms with van der Waals surface area (Å²) in [4.78, 5) is 46.2. The van der Waals surface area contributed by atoms with E-state index in [0.717, 1.165) is 44.9 Å². The van der Waals surface area contributed by atoms with E-state index in [1.165, 1.54) is 19.3 Å². The quantitative estimate of drug-likeness (QED) is 0.0148. The molecular formula is C48H78NO14P. The topological polar surface area (TPSA) is 242 Å². The maximum atomic E-state index is 12.8. The third-order valence-electron chi connectivity index (χ3n) is 9.92. The molecule has 1 fully saturated rings. The zero-order valence-corrected chi connectivity index (χ0v) is 39.0. The number of hydrogen-bond donors (Lipinski definition) is 6. The third kappa shape index (κ3) is 32.2. The van der Waals surface area contributed by atoms with Crippen LogP contribution in [0.2, 0.25) is 0 Å². The number of nitrogens with two attached hydrogens (primary N) is 1. The van der Waals surface area contributed by atoms with Crippen molar-refractivity contribution in [2.45, 2.75) is 173 Å². The monoisotopic (exact) mass is 924 g/mol. The molecule has 0 bridgehead atoms. The molecule has 1 aliphatic heterocycles. The van der Waals surface area contributed by atoms with Gasteiger partial charge in [0, 0.05) is 25.2 Å².